The van der Waals surface area contributed by atoms with Crippen LogP contribution in [-0.2, 0) is 4.79 Å². The Labute approximate surface area is 150 Å². The van der Waals surface area contributed by atoms with Gasteiger partial charge in [-0.1, -0.05) is 18.6 Å². The van der Waals surface area contributed by atoms with Gasteiger partial charge in [0.1, 0.15) is 0 Å². The number of carbonyl (C=O) groups is 1. The number of thiazole rings is 1. The van der Waals surface area contributed by atoms with Crippen LogP contribution in [0.1, 0.15) is 19.3 Å². The second-order valence-corrected chi connectivity index (χ2v) is 7.00. The average Bonchev–Trinajstić information content (AvgIpc) is 3.04. The van der Waals surface area contributed by atoms with Gasteiger partial charge in [0.15, 0.2) is 5.13 Å². The molecule has 2 N–H and O–H groups in total. The topological polar surface area (TPSA) is 54.0 Å². The van der Waals surface area contributed by atoms with Crippen LogP contribution in [0.25, 0.3) is 11.3 Å². The van der Waals surface area contributed by atoms with Gasteiger partial charge in [0, 0.05) is 15.8 Å². The molecule has 2 aromatic rings. The second-order valence-electron chi connectivity index (χ2n) is 5.26. The molecule has 1 aromatic carbocycles. The Hall–Kier alpha value is -1.08. The minimum Gasteiger partial charge on any atom is -0.306 e. The van der Waals surface area contributed by atoms with Gasteiger partial charge in [-0.2, -0.15) is 0 Å². The molecule has 1 aliphatic heterocycles. The van der Waals surface area contributed by atoms with E-state index in [1.807, 2.05) is 5.38 Å². The molecule has 1 amide bonds. The Bertz CT molecular complexity index is 639. The third-order valence-electron chi connectivity index (χ3n) is 3.75. The molecule has 7 heteroatoms. The fourth-order valence-electron chi connectivity index (χ4n) is 2.49. The number of aromatic nitrogens is 1. The van der Waals surface area contributed by atoms with Crippen LogP contribution < -0.4 is 10.6 Å². The van der Waals surface area contributed by atoms with Gasteiger partial charge in [-0.15, -0.1) is 35.5 Å². The Balaban J connectivity index is 0.00000192. The van der Waals surface area contributed by atoms with Gasteiger partial charge < -0.3 is 10.6 Å². The molecule has 23 heavy (non-hydrogen) atoms. The SMILES string of the molecule is CSc1ccc(-c2csc(NC(=O)C3CCCCN3)n2)cc1.Cl. The summed E-state index contributed by atoms with van der Waals surface area (Å²) in [5.41, 5.74) is 1.98. The predicted molar refractivity (Wildman–Crippen MR) is 101 cm³/mol. The summed E-state index contributed by atoms with van der Waals surface area (Å²) in [4.78, 5) is 17.9. The standard InChI is InChI=1S/C16H19N3OS2.ClH/c1-21-12-7-5-11(6-8-12)14-10-22-16(18-14)19-15(20)13-4-2-3-9-17-13;/h5-8,10,13,17H,2-4,9H2,1H3,(H,18,19,20);1H. The lowest BCUT2D eigenvalue weighted by molar-refractivity contribution is -0.118. The highest BCUT2D eigenvalue weighted by Crippen LogP contribution is 2.27. The van der Waals surface area contributed by atoms with Crippen LogP contribution in [-0.4, -0.2) is 29.7 Å². The van der Waals surface area contributed by atoms with Crippen molar-refractivity contribution >= 4 is 46.5 Å². The number of nitrogens with one attached hydrogen (secondary N) is 2. The van der Waals surface area contributed by atoms with Crippen molar-refractivity contribution < 1.29 is 4.79 Å². The van der Waals surface area contributed by atoms with Crippen LogP contribution in [0.15, 0.2) is 34.5 Å². The number of halogens is 1. The molecule has 3 rings (SSSR count). The minimum atomic E-state index is -0.0815. The molecule has 1 aromatic heterocycles. The Kier molecular flexibility index (Phi) is 6.89. The van der Waals surface area contributed by atoms with E-state index in [1.165, 1.54) is 16.2 Å². The summed E-state index contributed by atoms with van der Waals surface area (Å²) in [5, 5.41) is 8.83. The van der Waals surface area contributed by atoms with Crippen molar-refractivity contribution in [2.24, 2.45) is 0 Å². The van der Waals surface area contributed by atoms with Crippen molar-refractivity contribution in [2.45, 2.75) is 30.2 Å². The first-order valence-corrected chi connectivity index (χ1v) is 9.51. The lowest BCUT2D eigenvalue weighted by Gasteiger charge is -2.21. The second kappa shape index (κ2) is 8.68. The number of nitrogens with zero attached hydrogens (tertiary/aromatic N) is 1. The molecule has 4 nitrogen and oxygen atoms in total. The van der Waals surface area contributed by atoms with E-state index < -0.39 is 0 Å². The first-order valence-electron chi connectivity index (χ1n) is 7.40. The zero-order valence-electron chi connectivity index (χ0n) is 12.9. The van der Waals surface area contributed by atoms with E-state index in [9.17, 15) is 4.79 Å². The van der Waals surface area contributed by atoms with Crippen molar-refractivity contribution in [3.8, 4) is 11.3 Å². The molecular formula is C16H20ClN3OS2. The minimum absolute atomic E-state index is 0. The quantitative estimate of drug-likeness (QED) is 0.799. The van der Waals surface area contributed by atoms with Crippen LogP contribution >= 0.6 is 35.5 Å². The number of hydrogen-bond donors (Lipinski definition) is 2. The van der Waals surface area contributed by atoms with Crippen LogP contribution in [0.3, 0.4) is 0 Å². The van der Waals surface area contributed by atoms with Crippen LogP contribution in [0.4, 0.5) is 5.13 Å². The maximum absolute atomic E-state index is 12.2. The van der Waals surface area contributed by atoms with Crippen molar-refractivity contribution in [2.75, 3.05) is 18.1 Å². The Morgan fingerprint density at radius 2 is 2.13 bits per heavy atom. The van der Waals surface area contributed by atoms with Gasteiger partial charge in [0.25, 0.3) is 0 Å². The summed E-state index contributed by atoms with van der Waals surface area (Å²) in [6.07, 6.45) is 5.22. The van der Waals surface area contributed by atoms with E-state index in [4.69, 9.17) is 0 Å². The number of anilines is 1. The van der Waals surface area contributed by atoms with Crippen molar-refractivity contribution in [1.29, 1.82) is 0 Å². The van der Waals surface area contributed by atoms with Crippen LogP contribution in [0, 0.1) is 0 Å². The molecule has 124 valence electrons. The molecule has 0 spiro atoms. The molecule has 0 aliphatic carbocycles. The van der Waals surface area contributed by atoms with E-state index >= 15 is 0 Å². The first-order chi connectivity index (χ1) is 10.8. The predicted octanol–water partition coefficient (Wildman–Crippen LogP) is 4.03. The van der Waals surface area contributed by atoms with Crippen molar-refractivity contribution in [3.63, 3.8) is 0 Å². The van der Waals surface area contributed by atoms with Gasteiger partial charge >= 0.3 is 0 Å². The normalized spacial score (nSPS) is 17.3. The molecule has 2 heterocycles. The molecule has 1 atom stereocenters. The summed E-state index contributed by atoms with van der Waals surface area (Å²) in [6.45, 7) is 0.920. The molecule has 0 radical (unpaired) electrons. The lowest BCUT2D eigenvalue weighted by Crippen LogP contribution is -2.43. The lowest BCUT2D eigenvalue weighted by atomic mass is 10.0. The maximum Gasteiger partial charge on any atom is 0.243 e. The number of rotatable bonds is 4. The van der Waals surface area contributed by atoms with Crippen molar-refractivity contribution in [1.82, 2.24) is 10.3 Å². The molecule has 1 fully saturated rings. The van der Waals surface area contributed by atoms with Gasteiger partial charge in [0.05, 0.1) is 11.7 Å². The highest BCUT2D eigenvalue weighted by atomic mass is 35.5. The van der Waals surface area contributed by atoms with Gasteiger partial charge in [0.2, 0.25) is 5.91 Å². The molecule has 1 aliphatic rings. The summed E-state index contributed by atoms with van der Waals surface area (Å²) < 4.78 is 0. The summed E-state index contributed by atoms with van der Waals surface area (Å²) >= 11 is 3.19. The number of thioether (sulfide) groups is 1. The van der Waals surface area contributed by atoms with Crippen LogP contribution in [0.5, 0.6) is 0 Å². The Morgan fingerprint density at radius 3 is 2.78 bits per heavy atom. The zero-order chi connectivity index (χ0) is 15.4. The third-order valence-corrected chi connectivity index (χ3v) is 5.25. The summed E-state index contributed by atoms with van der Waals surface area (Å²) in [5.74, 6) is 0.0262. The van der Waals surface area contributed by atoms with E-state index in [0.717, 1.165) is 37.1 Å². The first kappa shape index (κ1) is 18.3. The molecular weight excluding hydrogens is 350 g/mol. The van der Waals surface area contributed by atoms with E-state index in [-0.39, 0.29) is 24.4 Å². The molecule has 1 saturated heterocycles. The van der Waals surface area contributed by atoms with Gasteiger partial charge in [-0.05, 0) is 37.8 Å². The van der Waals surface area contributed by atoms with Gasteiger partial charge in [-0.25, -0.2) is 4.98 Å². The van der Waals surface area contributed by atoms with E-state index in [2.05, 4.69) is 46.1 Å². The fourth-order valence-corrected chi connectivity index (χ4v) is 3.62. The van der Waals surface area contributed by atoms with Gasteiger partial charge in [-0.3, -0.25) is 4.79 Å². The smallest absolute Gasteiger partial charge is 0.243 e. The van der Waals surface area contributed by atoms with Crippen LogP contribution in [0.2, 0.25) is 0 Å². The van der Waals surface area contributed by atoms with E-state index in [1.54, 1.807) is 11.8 Å². The van der Waals surface area contributed by atoms with Crippen molar-refractivity contribution in [3.05, 3.63) is 29.6 Å². The highest BCUT2D eigenvalue weighted by molar-refractivity contribution is 7.98. The number of amides is 1. The summed E-state index contributed by atoms with van der Waals surface area (Å²) in [6, 6.07) is 8.22. The summed E-state index contributed by atoms with van der Waals surface area (Å²) in [7, 11) is 0. The van der Waals surface area contributed by atoms with E-state index in [0.29, 0.717) is 5.13 Å². The molecule has 1 unspecified atom stereocenters. The Morgan fingerprint density at radius 1 is 1.35 bits per heavy atom. The number of carbonyl (C=O) groups excluding carboxylic acids is 1. The highest BCUT2D eigenvalue weighted by Gasteiger charge is 2.21. The largest absolute Gasteiger partial charge is 0.306 e. The zero-order valence-corrected chi connectivity index (χ0v) is 15.3. The maximum atomic E-state index is 12.2. The third kappa shape index (κ3) is 4.70. The molecule has 0 saturated carbocycles. The fraction of sp³-hybridized carbons (Fsp3) is 0.375. The number of piperidine rings is 1. The molecule has 0 bridgehead atoms. The number of hydrogen-bond acceptors (Lipinski definition) is 5. The number of benzene rings is 1. The average molecular weight is 370 g/mol. The monoisotopic (exact) mass is 369 g/mol.